The van der Waals surface area contributed by atoms with Gasteiger partial charge in [-0.1, -0.05) is 0 Å². The first-order valence-corrected chi connectivity index (χ1v) is 5.55. The lowest BCUT2D eigenvalue weighted by Crippen LogP contribution is -2.00. The quantitative estimate of drug-likeness (QED) is 0.629. The molecule has 8 nitrogen and oxygen atoms in total. The summed E-state index contributed by atoms with van der Waals surface area (Å²) < 4.78 is 8.81. The highest BCUT2D eigenvalue weighted by molar-refractivity contribution is 6.06. The van der Waals surface area contributed by atoms with Gasteiger partial charge in [-0.05, 0) is 12.1 Å². The summed E-state index contributed by atoms with van der Waals surface area (Å²) in [5, 5.41) is 7.71. The molecule has 0 bridgehead atoms. The van der Waals surface area contributed by atoms with Gasteiger partial charge in [0.25, 0.3) is 0 Å². The third-order valence-electron chi connectivity index (χ3n) is 2.98. The number of furan rings is 2. The summed E-state index contributed by atoms with van der Waals surface area (Å²) in [4.78, 5) is 57.0. The van der Waals surface area contributed by atoms with Crippen molar-refractivity contribution < 1.29 is 18.7 Å². The highest BCUT2D eigenvalue weighted by atomic mass is 16.4. The molecule has 2 heterocycles. The van der Waals surface area contributed by atoms with Crippen LogP contribution in [-0.2, 0) is 4.79 Å². The molecule has 0 aliphatic heterocycles. The molecule has 3 rings (SSSR count). The fourth-order valence-electron chi connectivity index (χ4n) is 2.17. The van der Waals surface area contributed by atoms with Crippen molar-refractivity contribution in [2.75, 3.05) is 0 Å². The van der Waals surface area contributed by atoms with Gasteiger partial charge in [0.2, 0.25) is 0 Å². The Kier molecular flexibility index (Phi) is 2.49. The van der Waals surface area contributed by atoms with Crippen molar-refractivity contribution in [3.63, 3.8) is 0 Å². The summed E-state index contributed by atoms with van der Waals surface area (Å²) in [5.41, 5.74) is -4.17. The third-order valence-corrected chi connectivity index (χ3v) is 2.98. The Hall–Kier alpha value is -3.29. The van der Waals surface area contributed by atoms with E-state index in [1.165, 1.54) is 0 Å². The molecule has 0 amide bonds. The van der Waals surface area contributed by atoms with Crippen molar-refractivity contribution in [2.24, 2.45) is 0 Å². The Morgan fingerprint density at radius 3 is 1.81 bits per heavy atom. The number of carbonyl (C=O) groups is 1. The molecule has 0 spiro atoms. The second kappa shape index (κ2) is 4.10. The fraction of sp³-hybridized carbons (Fsp3) is 0. The highest BCUT2D eigenvalue weighted by Crippen LogP contribution is 2.22. The Morgan fingerprint density at radius 2 is 1.38 bits per heavy atom. The fourth-order valence-corrected chi connectivity index (χ4v) is 2.17. The first kappa shape index (κ1) is 12.7. The molecule has 8 heteroatoms. The van der Waals surface area contributed by atoms with E-state index in [9.17, 15) is 24.0 Å². The predicted molar refractivity (Wildman–Crippen MR) is 70.1 cm³/mol. The summed E-state index contributed by atoms with van der Waals surface area (Å²) in [6.45, 7) is 0. The van der Waals surface area contributed by atoms with Crippen LogP contribution in [0.3, 0.4) is 0 Å². The highest BCUT2D eigenvalue weighted by Gasteiger charge is 2.21. The Bertz CT molecular complexity index is 1050. The van der Waals surface area contributed by atoms with Crippen LogP contribution in [0, 0.1) is 0 Å². The van der Waals surface area contributed by atoms with E-state index in [-0.39, 0.29) is 27.1 Å². The monoisotopic (exact) mass is 288 g/mol. The molecule has 21 heavy (non-hydrogen) atoms. The van der Waals surface area contributed by atoms with Crippen molar-refractivity contribution in [1.29, 1.82) is 0 Å². The molecule has 0 unspecified atom stereocenters. The zero-order valence-electron chi connectivity index (χ0n) is 10.0. The minimum atomic E-state index is -1.34. The van der Waals surface area contributed by atoms with Gasteiger partial charge in [-0.15, -0.1) is 0 Å². The van der Waals surface area contributed by atoms with Crippen LogP contribution in [0.15, 0.2) is 40.2 Å². The van der Waals surface area contributed by atoms with E-state index in [0.717, 1.165) is 12.1 Å². The lowest BCUT2D eigenvalue weighted by Gasteiger charge is -1.95. The zero-order valence-corrected chi connectivity index (χ0v) is 10.0. The zero-order chi connectivity index (χ0) is 15.3. The maximum Gasteiger partial charge on any atom is 0.347 e. The van der Waals surface area contributed by atoms with Gasteiger partial charge in [-0.25, -0.2) is 24.0 Å². The summed E-state index contributed by atoms with van der Waals surface area (Å²) >= 11 is 0. The summed E-state index contributed by atoms with van der Waals surface area (Å²) in [7, 11) is 0. The smallest absolute Gasteiger partial charge is 0.347 e. The van der Waals surface area contributed by atoms with Gasteiger partial charge in [-0.2, -0.15) is 0 Å². The van der Waals surface area contributed by atoms with Gasteiger partial charge < -0.3 is 13.9 Å². The molecule has 0 saturated heterocycles. The molecule has 1 N–H and O–H groups in total. The van der Waals surface area contributed by atoms with Crippen LogP contribution >= 0.6 is 0 Å². The van der Waals surface area contributed by atoms with Gasteiger partial charge in [-0.3, -0.25) is 0 Å². The topological polar surface area (TPSA) is 132 Å². The molecule has 1 aromatic carbocycles. The van der Waals surface area contributed by atoms with Crippen molar-refractivity contribution in [3.05, 3.63) is 59.4 Å². The lowest BCUT2D eigenvalue weighted by molar-refractivity contribution is -0.131. The molecule has 0 radical (unpaired) electrons. The molecular formula is C13H4O8. The SMILES string of the molecule is O=C(O)/C=C/c1c2c(=O)oc(=O)c2cc2c(=O)oc(=O)c12. The number of fused-ring (bicyclic) bond motifs is 2. The number of carboxylic acids is 1. The summed E-state index contributed by atoms with van der Waals surface area (Å²) in [5.74, 6) is -1.34. The minimum Gasteiger partial charge on any atom is -0.478 e. The van der Waals surface area contributed by atoms with E-state index in [0.29, 0.717) is 6.08 Å². The van der Waals surface area contributed by atoms with Crippen LogP contribution in [0.25, 0.3) is 27.6 Å². The van der Waals surface area contributed by atoms with Crippen LogP contribution in [0.2, 0.25) is 0 Å². The van der Waals surface area contributed by atoms with Gasteiger partial charge in [0.15, 0.2) is 0 Å². The second-order valence-electron chi connectivity index (χ2n) is 4.16. The Balaban J connectivity index is 2.68. The molecule has 0 fully saturated rings. The molecule has 0 saturated carbocycles. The molecular weight excluding hydrogens is 284 g/mol. The average molecular weight is 288 g/mol. The standard InChI is InChI=1S/C13H4O8/c14-7(15)2-1-4-8-5(10(16)20-12(8)18)3-6-9(4)13(19)21-11(6)17/h1-3H,(H,14,15)/b2-1+. The van der Waals surface area contributed by atoms with E-state index in [1.54, 1.807) is 0 Å². The lowest BCUT2D eigenvalue weighted by atomic mass is 10.0. The maximum absolute atomic E-state index is 11.7. The number of hydrogen-bond acceptors (Lipinski definition) is 7. The molecule has 0 atom stereocenters. The van der Waals surface area contributed by atoms with E-state index in [2.05, 4.69) is 8.83 Å². The second-order valence-corrected chi connectivity index (χ2v) is 4.16. The summed E-state index contributed by atoms with van der Waals surface area (Å²) in [6, 6.07) is 1.03. The maximum atomic E-state index is 11.7. The average Bonchev–Trinajstić information content (AvgIpc) is 2.85. The molecule has 104 valence electrons. The van der Waals surface area contributed by atoms with Gasteiger partial charge >= 0.3 is 28.5 Å². The number of rotatable bonds is 2. The van der Waals surface area contributed by atoms with Crippen molar-refractivity contribution in [3.8, 4) is 0 Å². The normalized spacial score (nSPS) is 11.8. The van der Waals surface area contributed by atoms with Gasteiger partial charge in [0.05, 0.1) is 21.5 Å². The van der Waals surface area contributed by atoms with Gasteiger partial charge in [0.1, 0.15) is 0 Å². The van der Waals surface area contributed by atoms with Crippen molar-refractivity contribution in [2.45, 2.75) is 0 Å². The molecule has 2 aromatic heterocycles. The number of benzene rings is 1. The number of hydrogen-bond donors (Lipinski definition) is 1. The first-order chi connectivity index (χ1) is 9.90. The van der Waals surface area contributed by atoms with Crippen LogP contribution in [0.4, 0.5) is 0 Å². The van der Waals surface area contributed by atoms with Crippen molar-refractivity contribution in [1.82, 2.24) is 0 Å². The van der Waals surface area contributed by atoms with Crippen LogP contribution in [-0.4, -0.2) is 11.1 Å². The van der Waals surface area contributed by atoms with E-state index >= 15 is 0 Å². The first-order valence-electron chi connectivity index (χ1n) is 5.55. The van der Waals surface area contributed by atoms with E-state index in [4.69, 9.17) is 5.11 Å². The minimum absolute atomic E-state index is 0.184. The van der Waals surface area contributed by atoms with Crippen LogP contribution in [0.5, 0.6) is 0 Å². The van der Waals surface area contributed by atoms with E-state index < -0.39 is 28.5 Å². The predicted octanol–water partition coefficient (Wildman–Crippen LogP) is -0.407. The molecule has 0 aliphatic carbocycles. The Morgan fingerprint density at radius 1 is 0.905 bits per heavy atom. The largest absolute Gasteiger partial charge is 0.478 e. The van der Waals surface area contributed by atoms with E-state index in [1.807, 2.05) is 0 Å². The molecule has 3 aromatic rings. The van der Waals surface area contributed by atoms with Crippen LogP contribution < -0.4 is 22.5 Å². The Labute approximate surface area is 112 Å². The van der Waals surface area contributed by atoms with Gasteiger partial charge in [0, 0.05) is 11.6 Å². The number of aliphatic carboxylic acids is 1. The number of carboxylic acid groups (broad SMARTS) is 1. The summed E-state index contributed by atoms with van der Waals surface area (Å²) in [6.07, 6.45) is 1.61. The van der Waals surface area contributed by atoms with Crippen molar-refractivity contribution >= 4 is 33.6 Å². The molecule has 0 aliphatic rings. The third kappa shape index (κ3) is 1.73. The van der Waals surface area contributed by atoms with Crippen LogP contribution in [0.1, 0.15) is 5.56 Å².